The van der Waals surface area contributed by atoms with E-state index in [1.54, 1.807) is 14.2 Å². The van der Waals surface area contributed by atoms with Crippen molar-refractivity contribution in [1.29, 1.82) is 0 Å². The van der Waals surface area contributed by atoms with Crippen molar-refractivity contribution in [3.63, 3.8) is 0 Å². The maximum atomic E-state index is 5.39. The number of hydrogen-bond acceptors (Lipinski definition) is 3. The van der Waals surface area contributed by atoms with E-state index in [0.717, 1.165) is 23.5 Å². The second-order valence-electron chi connectivity index (χ2n) is 3.33. The molecule has 1 N–H and O–H groups in total. The van der Waals surface area contributed by atoms with Crippen molar-refractivity contribution in [2.45, 2.75) is 19.4 Å². The molecule has 0 aliphatic rings. The molecule has 0 amide bonds. The fourth-order valence-corrected chi connectivity index (χ4v) is 1.77. The lowest BCUT2D eigenvalue weighted by Gasteiger charge is -2.19. The first kappa shape index (κ1) is 11.9. The third kappa shape index (κ3) is 2.42. The highest BCUT2D eigenvalue weighted by Crippen LogP contribution is 2.35. The molecule has 0 aliphatic heterocycles. The summed E-state index contributed by atoms with van der Waals surface area (Å²) < 4.78 is 10.7. The van der Waals surface area contributed by atoms with Gasteiger partial charge in [-0.05, 0) is 19.5 Å². The van der Waals surface area contributed by atoms with Gasteiger partial charge in [0.15, 0.2) is 11.5 Å². The van der Waals surface area contributed by atoms with Gasteiger partial charge in [-0.1, -0.05) is 19.1 Å². The van der Waals surface area contributed by atoms with E-state index in [4.69, 9.17) is 9.47 Å². The van der Waals surface area contributed by atoms with Gasteiger partial charge >= 0.3 is 0 Å². The van der Waals surface area contributed by atoms with E-state index in [1.807, 2.05) is 19.2 Å². The van der Waals surface area contributed by atoms with Gasteiger partial charge < -0.3 is 14.8 Å². The summed E-state index contributed by atoms with van der Waals surface area (Å²) in [7, 11) is 5.28. The first-order valence-electron chi connectivity index (χ1n) is 5.16. The quantitative estimate of drug-likeness (QED) is 0.807. The van der Waals surface area contributed by atoms with Crippen LogP contribution in [0.25, 0.3) is 0 Å². The van der Waals surface area contributed by atoms with Crippen molar-refractivity contribution >= 4 is 0 Å². The fourth-order valence-electron chi connectivity index (χ4n) is 1.77. The van der Waals surface area contributed by atoms with E-state index in [0.29, 0.717) is 6.04 Å². The smallest absolute Gasteiger partial charge is 0.165 e. The lowest BCUT2D eigenvalue weighted by atomic mass is 10.0. The number of nitrogens with one attached hydrogen (secondary N) is 1. The van der Waals surface area contributed by atoms with Crippen LogP contribution in [0, 0.1) is 0 Å². The molecule has 0 aromatic heterocycles. The van der Waals surface area contributed by atoms with Gasteiger partial charge in [0, 0.05) is 11.6 Å². The zero-order valence-electron chi connectivity index (χ0n) is 9.83. The summed E-state index contributed by atoms with van der Waals surface area (Å²) in [4.78, 5) is 0. The predicted molar refractivity (Wildman–Crippen MR) is 61.6 cm³/mol. The average Bonchev–Trinajstić information content (AvgIpc) is 2.30. The molecule has 0 saturated heterocycles. The first-order chi connectivity index (χ1) is 7.28. The molecule has 0 radical (unpaired) electrons. The largest absolute Gasteiger partial charge is 0.493 e. The van der Waals surface area contributed by atoms with E-state index < -0.39 is 0 Å². The summed E-state index contributed by atoms with van der Waals surface area (Å²) >= 11 is 0. The van der Waals surface area contributed by atoms with E-state index >= 15 is 0 Å². The summed E-state index contributed by atoms with van der Waals surface area (Å²) in [5, 5.41) is 3.26. The van der Waals surface area contributed by atoms with Crippen molar-refractivity contribution in [2.24, 2.45) is 0 Å². The van der Waals surface area contributed by atoms with Crippen LogP contribution in [-0.4, -0.2) is 21.3 Å². The molecule has 1 aromatic carbocycles. The van der Waals surface area contributed by atoms with Crippen molar-refractivity contribution in [3.8, 4) is 11.5 Å². The zero-order chi connectivity index (χ0) is 11.3. The number of para-hydroxylation sites is 1. The molecule has 1 atom stereocenters. The number of hydrogen-bond donors (Lipinski definition) is 1. The highest BCUT2D eigenvalue weighted by atomic mass is 16.5. The van der Waals surface area contributed by atoms with Crippen LogP contribution in [0.15, 0.2) is 18.2 Å². The minimum atomic E-state index is 0.301. The molecule has 1 rings (SSSR count). The Labute approximate surface area is 91.4 Å². The van der Waals surface area contributed by atoms with Crippen molar-refractivity contribution in [2.75, 3.05) is 21.3 Å². The Morgan fingerprint density at radius 1 is 1.27 bits per heavy atom. The van der Waals surface area contributed by atoms with Crippen LogP contribution >= 0.6 is 0 Å². The van der Waals surface area contributed by atoms with E-state index in [2.05, 4.69) is 18.3 Å². The molecule has 1 unspecified atom stereocenters. The molecule has 0 bridgehead atoms. The summed E-state index contributed by atoms with van der Waals surface area (Å²) in [6.45, 7) is 2.14. The first-order valence-corrected chi connectivity index (χ1v) is 5.16. The molecule has 1 aromatic rings. The third-order valence-electron chi connectivity index (χ3n) is 2.57. The van der Waals surface area contributed by atoms with Crippen LogP contribution in [0.2, 0.25) is 0 Å². The van der Waals surface area contributed by atoms with E-state index in [-0.39, 0.29) is 0 Å². The molecule has 0 aliphatic carbocycles. The predicted octanol–water partition coefficient (Wildman–Crippen LogP) is 2.37. The van der Waals surface area contributed by atoms with Crippen LogP contribution in [0.1, 0.15) is 24.9 Å². The van der Waals surface area contributed by atoms with Crippen molar-refractivity contribution in [1.82, 2.24) is 5.32 Å². The Morgan fingerprint density at radius 2 is 2.00 bits per heavy atom. The number of ether oxygens (including phenoxy) is 2. The molecule has 3 nitrogen and oxygen atoms in total. The lowest BCUT2D eigenvalue weighted by molar-refractivity contribution is 0.347. The highest BCUT2D eigenvalue weighted by molar-refractivity contribution is 5.48. The van der Waals surface area contributed by atoms with Gasteiger partial charge in [-0.3, -0.25) is 0 Å². The Hall–Kier alpha value is -1.22. The molecular weight excluding hydrogens is 190 g/mol. The lowest BCUT2D eigenvalue weighted by Crippen LogP contribution is -2.16. The summed E-state index contributed by atoms with van der Waals surface area (Å²) in [5.41, 5.74) is 1.14. The third-order valence-corrected chi connectivity index (χ3v) is 2.57. The minimum Gasteiger partial charge on any atom is -0.493 e. The summed E-state index contributed by atoms with van der Waals surface area (Å²) in [6.07, 6.45) is 1.01. The fraction of sp³-hybridized carbons (Fsp3) is 0.500. The number of rotatable bonds is 5. The van der Waals surface area contributed by atoms with Gasteiger partial charge in [-0.2, -0.15) is 0 Å². The highest BCUT2D eigenvalue weighted by Gasteiger charge is 2.15. The molecule has 0 heterocycles. The number of methoxy groups -OCH3 is 2. The summed E-state index contributed by atoms with van der Waals surface area (Å²) in [6, 6.07) is 6.25. The van der Waals surface area contributed by atoms with Crippen LogP contribution in [0.4, 0.5) is 0 Å². The average molecular weight is 209 g/mol. The van der Waals surface area contributed by atoms with Gasteiger partial charge in [-0.15, -0.1) is 0 Å². The van der Waals surface area contributed by atoms with Gasteiger partial charge in [0.25, 0.3) is 0 Å². The Balaban J connectivity index is 3.15. The Bertz CT molecular complexity index is 308. The Morgan fingerprint density at radius 3 is 2.47 bits per heavy atom. The van der Waals surface area contributed by atoms with Crippen LogP contribution in [0.3, 0.4) is 0 Å². The van der Waals surface area contributed by atoms with Crippen LogP contribution in [0.5, 0.6) is 11.5 Å². The topological polar surface area (TPSA) is 30.5 Å². The second-order valence-corrected chi connectivity index (χ2v) is 3.33. The van der Waals surface area contributed by atoms with Gasteiger partial charge in [0.05, 0.1) is 14.2 Å². The van der Waals surface area contributed by atoms with Gasteiger partial charge in [-0.25, -0.2) is 0 Å². The maximum Gasteiger partial charge on any atom is 0.165 e. The van der Waals surface area contributed by atoms with Crippen molar-refractivity contribution < 1.29 is 9.47 Å². The normalized spacial score (nSPS) is 12.3. The SMILES string of the molecule is CCC(NC)c1cccc(OC)c1OC. The maximum absolute atomic E-state index is 5.39. The number of benzene rings is 1. The van der Waals surface area contributed by atoms with Crippen LogP contribution in [-0.2, 0) is 0 Å². The molecular formula is C12H19NO2. The van der Waals surface area contributed by atoms with E-state index in [1.165, 1.54) is 0 Å². The summed E-state index contributed by atoms with van der Waals surface area (Å²) in [5.74, 6) is 1.60. The second kappa shape index (κ2) is 5.61. The monoisotopic (exact) mass is 209 g/mol. The van der Waals surface area contributed by atoms with Crippen molar-refractivity contribution in [3.05, 3.63) is 23.8 Å². The molecule has 0 spiro atoms. The standard InChI is InChI=1S/C12H19NO2/c1-5-10(13-2)9-7-6-8-11(14-3)12(9)15-4/h6-8,10,13H,5H2,1-4H3. The molecule has 15 heavy (non-hydrogen) atoms. The van der Waals surface area contributed by atoms with Gasteiger partial charge in [0.2, 0.25) is 0 Å². The minimum absolute atomic E-state index is 0.301. The molecule has 0 saturated carbocycles. The van der Waals surface area contributed by atoms with E-state index in [9.17, 15) is 0 Å². The zero-order valence-corrected chi connectivity index (χ0v) is 9.83. The Kier molecular flexibility index (Phi) is 4.43. The van der Waals surface area contributed by atoms with Gasteiger partial charge in [0.1, 0.15) is 0 Å². The molecule has 84 valence electrons. The molecule has 3 heteroatoms. The molecule has 0 fully saturated rings. The van der Waals surface area contributed by atoms with Crippen LogP contribution < -0.4 is 14.8 Å².